The Morgan fingerprint density at radius 2 is 2.11 bits per heavy atom. The largest absolute Gasteiger partial charge is 0.497 e. The van der Waals surface area contributed by atoms with Crippen LogP contribution in [0.5, 0.6) is 11.5 Å². The first-order valence-corrected chi connectivity index (χ1v) is 9.62. The summed E-state index contributed by atoms with van der Waals surface area (Å²) in [6.45, 7) is 0.660. The molecule has 0 aliphatic rings. The molecule has 2 heterocycles. The SMILES string of the molecule is COc1ccc(CCNC(=O)COCc2cc(-c3cccs3)on2)c(OC)c1. The minimum Gasteiger partial charge on any atom is -0.497 e. The van der Waals surface area contributed by atoms with E-state index in [1.54, 1.807) is 25.6 Å². The van der Waals surface area contributed by atoms with Crippen molar-refractivity contribution in [3.63, 3.8) is 0 Å². The molecule has 0 unspecified atom stereocenters. The Labute approximate surface area is 167 Å². The number of nitrogens with one attached hydrogen (secondary N) is 1. The van der Waals surface area contributed by atoms with E-state index in [2.05, 4.69) is 10.5 Å². The number of thiophene rings is 1. The third-order valence-electron chi connectivity index (χ3n) is 4.02. The van der Waals surface area contributed by atoms with Crippen LogP contribution in [0.15, 0.2) is 46.3 Å². The van der Waals surface area contributed by atoms with Gasteiger partial charge in [0.2, 0.25) is 5.91 Å². The summed E-state index contributed by atoms with van der Waals surface area (Å²) in [4.78, 5) is 12.9. The Balaban J connectivity index is 1.38. The van der Waals surface area contributed by atoms with Crippen LogP contribution in [0.25, 0.3) is 10.6 Å². The lowest BCUT2D eigenvalue weighted by atomic mass is 10.1. The van der Waals surface area contributed by atoms with Gasteiger partial charge in [-0.3, -0.25) is 4.79 Å². The van der Waals surface area contributed by atoms with Crippen molar-refractivity contribution >= 4 is 17.2 Å². The molecule has 0 saturated carbocycles. The zero-order chi connectivity index (χ0) is 19.8. The highest BCUT2D eigenvalue weighted by atomic mass is 32.1. The fourth-order valence-corrected chi connectivity index (χ4v) is 3.28. The average molecular weight is 402 g/mol. The molecule has 3 rings (SSSR count). The van der Waals surface area contributed by atoms with Crippen LogP contribution in [0, 0.1) is 0 Å². The number of methoxy groups -OCH3 is 2. The van der Waals surface area contributed by atoms with Crippen molar-refractivity contribution in [2.24, 2.45) is 0 Å². The number of rotatable bonds is 10. The number of ether oxygens (including phenoxy) is 3. The highest BCUT2D eigenvalue weighted by Gasteiger charge is 2.09. The second-order valence-corrected chi connectivity index (χ2v) is 6.88. The van der Waals surface area contributed by atoms with Gasteiger partial charge >= 0.3 is 0 Å². The molecule has 1 N–H and O–H groups in total. The van der Waals surface area contributed by atoms with E-state index in [0.717, 1.165) is 21.9 Å². The number of hydrogen-bond donors (Lipinski definition) is 1. The second kappa shape index (κ2) is 9.91. The number of carbonyl (C=O) groups is 1. The number of nitrogens with zero attached hydrogens (tertiary/aromatic N) is 1. The third kappa shape index (κ3) is 5.34. The van der Waals surface area contributed by atoms with Gasteiger partial charge in [-0.25, -0.2) is 0 Å². The number of hydrogen-bond acceptors (Lipinski definition) is 7. The molecule has 0 saturated heterocycles. The molecule has 3 aromatic rings. The van der Waals surface area contributed by atoms with Crippen LogP contribution >= 0.6 is 11.3 Å². The summed E-state index contributed by atoms with van der Waals surface area (Å²) in [6, 6.07) is 11.3. The quantitative estimate of drug-likeness (QED) is 0.560. The monoisotopic (exact) mass is 402 g/mol. The lowest BCUT2D eigenvalue weighted by Gasteiger charge is -2.11. The maximum Gasteiger partial charge on any atom is 0.246 e. The zero-order valence-corrected chi connectivity index (χ0v) is 16.6. The Morgan fingerprint density at radius 3 is 2.86 bits per heavy atom. The maximum absolute atomic E-state index is 11.9. The topological polar surface area (TPSA) is 82.8 Å². The van der Waals surface area contributed by atoms with Crippen molar-refractivity contribution in [1.82, 2.24) is 10.5 Å². The first-order chi connectivity index (χ1) is 13.7. The summed E-state index contributed by atoms with van der Waals surface area (Å²) in [5.41, 5.74) is 1.65. The highest BCUT2D eigenvalue weighted by molar-refractivity contribution is 7.13. The van der Waals surface area contributed by atoms with E-state index in [4.69, 9.17) is 18.7 Å². The first kappa shape index (κ1) is 19.9. The molecule has 0 radical (unpaired) electrons. The molecule has 0 bridgehead atoms. The molecule has 2 aromatic heterocycles. The highest BCUT2D eigenvalue weighted by Crippen LogP contribution is 2.25. The summed E-state index contributed by atoms with van der Waals surface area (Å²) < 4.78 is 21.2. The molecule has 8 heteroatoms. The predicted molar refractivity (Wildman–Crippen MR) is 106 cm³/mol. The summed E-state index contributed by atoms with van der Waals surface area (Å²) in [5, 5.41) is 8.76. The van der Waals surface area contributed by atoms with Gasteiger partial charge in [-0.15, -0.1) is 11.3 Å². The third-order valence-corrected chi connectivity index (χ3v) is 4.90. The van der Waals surface area contributed by atoms with Crippen molar-refractivity contribution < 1.29 is 23.5 Å². The van der Waals surface area contributed by atoms with Crippen molar-refractivity contribution in [2.45, 2.75) is 13.0 Å². The molecule has 0 aliphatic carbocycles. The minimum atomic E-state index is -0.186. The number of aromatic nitrogens is 1. The van der Waals surface area contributed by atoms with Crippen molar-refractivity contribution in [3.05, 3.63) is 53.0 Å². The van der Waals surface area contributed by atoms with Crippen molar-refractivity contribution in [2.75, 3.05) is 27.4 Å². The lowest BCUT2D eigenvalue weighted by molar-refractivity contribution is -0.126. The van der Waals surface area contributed by atoms with Gasteiger partial charge in [0.1, 0.15) is 23.8 Å². The number of carbonyl (C=O) groups excluding carboxylic acids is 1. The van der Waals surface area contributed by atoms with Gasteiger partial charge in [0.15, 0.2) is 5.76 Å². The molecule has 0 atom stereocenters. The van der Waals surface area contributed by atoms with Gasteiger partial charge in [0.05, 0.1) is 25.7 Å². The first-order valence-electron chi connectivity index (χ1n) is 8.74. The Morgan fingerprint density at radius 1 is 1.21 bits per heavy atom. The minimum absolute atomic E-state index is 0.0407. The molecule has 0 spiro atoms. The van der Waals surface area contributed by atoms with Crippen LogP contribution in [-0.2, 0) is 22.6 Å². The zero-order valence-electron chi connectivity index (χ0n) is 15.8. The Kier molecular flexibility index (Phi) is 7.05. The number of benzene rings is 1. The molecule has 1 amide bonds. The van der Waals surface area contributed by atoms with E-state index in [9.17, 15) is 4.79 Å². The van der Waals surface area contributed by atoms with Gasteiger partial charge in [-0.2, -0.15) is 0 Å². The summed E-state index contributed by atoms with van der Waals surface area (Å²) in [6.07, 6.45) is 0.645. The van der Waals surface area contributed by atoms with E-state index in [0.29, 0.717) is 24.4 Å². The smallest absolute Gasteiger partial charge is 0.246 e. The average Bonchev–Trinajstić information content (AvgIpc) is 3.40. The van der Waals surface area contributed by atoms with Crippen LogP contribution in [0.4, 0.5) is 0 Å². The Hall–Kier alpha value is -2.84. The van der Waals surface area contributed by atoms with Crippen molar-refractivity contribution in [1.29, 1.82) is 0 Å². The van der Waals surface area contributed by atoms with Crippen LogP contribution in [0.2, 0.25) is 0 Å². The molecule has 0 fully saturated rings. The van der Waals surface area contributed by atoms with Gasteiger partial charge in [0.25, 0.3) is 0 Å². The van der Waals surface area contributed by atoms with E-state index in [-0.39, 0.29) is 19.1 Å². The standard InChI is InChI=1S/C20H22N2O5S/c1-24-16-6-5-14(17(11-16)25-2)7-8-21-20(23)13-26-12-15-10-18(27-22-15)19-4-3-9-28-19/h3-6,9-11H,7-8,12-13H2,1-2H3,(H,21,23). The molecule has 148 valence electrons. The fourth-order valence-electron chi connectivity index (χ4n) is 2.61. The summed E-state index contributed by atoms with van der Waals surface area (Å²) in [5.74, 6) is 1.98. The molecule has 0 aliphatic heterocycles. The van der Waals surface area contributed by atoms with Gasteiger partial charge < -0.3 is 24.1 Å². The maximum atomic E-state index is 11.9. The number of amides is 1. The Bertz CT molecular complexity index is 892. The molecular weight excluding hydrogens is 380 g/mol. The van der Waals surface area contributed by atoms with E-state index in [1.807, 2.05) is 41.8 Å². The summed E-state index contributed by atoms with van der Waals surface area (Å²) >= 11 is 1.58. The van der Waals surface area contributed by atoms with E-state index < -0.39 is 0 Å². The van der Waals surface area contributed by atoms with Crippen LogP contribution in [-0.4, -0.2) is 38.4 Å². The van der Waals surface area contributed by atoms with E-state index >= 15 is 0 Å². The van der Waals surface area contributed by atoms with Gasteiger partial charge in [-0.05, 0) is 29.5 Å². The van der Waals surface area contributed by atoms with Gasteiger partial charge in [-0.1, -0.05) is 17.3 Å². The lowest BCUT2D eigenvalue weighted by Crippen LogP contribution is -2.29. The van der Waals surface area contributed by atoms with Crippen molar-refractivity contribution in [3.8, 4) is 22.1 Å². The van der Waals surface area contributed by atoms with Crippen LogP contribution < -0.4 is 14.8 Å². The fraction of sp³-hybridized carbons (Fsp3) is 0.300. The predicted octanol–water partition coefficient (Wildman–Crippen LogP) is 3.30. The van der Waals surface area contributed by atoms with Crippen LogP contribution in [0.3, 0.4) is 0 Å². The van der Waals surface area contributed by atoms with Crippen LogP contribution in [0.1, 0.15) is 11.3 Å². The normalized spacial score (nSPS) is 10.6. The molecule has 28 heavy (non-hydrogen) atoms. The molecular formula is C20H22N2O5S. The summed E-state index contributed by atoms with van der Waals surface area (Å²) in [7, 11) is 3.22. The van der Waals surface area contributed by atoms with Gasteiger partial charge in [0, 0.05) is 18.7 Å². The second-order valence-electron chi connectivity index (χ2n) is 5.93. The molecule has 1 aromatic carbocycles. The molecule has 7 nitrogen and oxygen atoms in total. The van der Waals surface area contributed by atoms with E-state index in [1.165, 1.54) is 0 Å².